The van der Waals surface area contributed by atoms with Gasteiger partial charge in [-0.15, -0.1) is 0 Å². The molecule has 2 aromatic carbocycles. The highest BCUT2D eigenvalue weighted by atomic mass is 32.2. The molecule has 1 atom stereocenters. The van der Waals surface area contributed by atoms with Crippen LogP contribution in [-0.2, 0) is 19.6 Å². The van der Waals surface area contributed by atoms with Gasteiger partial charge in [0.25, 0.3) is 5.91 Å². The van der Waals surface area contributed by atoms with Crippen molar-refractivity contribution in [2.75, 3.05) is 55.0 Å². The first-order valence-corrected chi connectivity index (χ1v) is 13.8. The molecule has 0 spiro atoms. The number of hydrogen-bond donors (Lipinski definition) is 2. The first kappa shape index (κ1) is 27.9. The van der Waals surface area contributed by atoms with Crippen LogP contribution < -0.4 is 24.4 Å². The van der Waals surface area contributed by atoms with Crippen LogP contribution in [0, 0.1) is 0 Å². The second kappa shape index (κ2) is 11.5. The standard InChI is InChI=1S/C26H34N4O6S/c1-7-29(8-2)25(31)16-30(37(6,33)34)19-11-9-18(10-12-19)27-17(3)13-21-20-14-23(35-4)24(36-5)15-22(20)28-26(21)32/h9-15,17,27H,7-8,16H2,1-6H3,(H,28,32). The Kier molecular flexibility index (Phi) is 8.69. The molecule has 0 aliphatic carbocycles. The third kappa shape index (κ3) is 6.34. The molecule has 0 saturated heterocycles. The average molecular weight is 531 g/mol. The highest BCUT2D eigenvalue weighted by Gasteiger charge is 2.27. The Morgan fingerprint density at radius 3 is 2.22 bits per heavy atom. The van der Waals surface area contributed by atoms with Gasteiger partial charge in [0.05, 0.1) is 31.9 Å². The number of carbonyl (C=O) groups is 2. The molecule has 1 unspecified atom stereocenters. The first-order valence-electron chi connectivity index (χ1n) is 11.9. The molecule has 0 fully saturated rings. The van der Waals surface area contributed by atoms with Crippen LogP contribution >= 0.6 is 0 Å². The van der Waals surface area contributed by atoms with Gasteiger partial charge in [-0.05, 0) is 57.2 Å². The number of ether oxygens (including phenoxy) is 2. The summed E-state index contributed by atoms with van der Waals surface area (Å²) in [7, 11) is -0.595. The van der Waals surface area contributed by atoms with Crippen molar-refractivity contribution < 1.29 is 27.5 Å². The Labute approximate surface area is 218 Å². The zero-order valence-electron chi connectivity index (χ0n) is 22.0. The van der Waals surface area contributed by atoms with Crippen LogP contribution in [0.5, 0.6) is 11.5 Å². The smallest absolute Gasteiger partial charge is 0.256 e. The first-order chi connectivity index (χ1) is 17.5. The molecule has 0 bridgehead atoms. The van der Waals surface area contributed by atoms with Crippen molar-refractivity contribution in [2.45, 2.75) is 26.8 Å². The minimum Gasteiger partial charge on any atom is -0.493 e. The SMILES string of the molecule is CCN(CC)C(=O)CN(c1ccc(NC(C)C=C2C(=O)Nc3cc(OC)c(OC)cc32)cc1)S(C)(=O)=O. The summed E-state index contributed by atoms with van der Waals surface area (Å²) in [6.45, 7) is 6.35. The summed E-state index contributed by atoms with van der Waals surface area (Å²) in [5, 5.41) is 6.14. The van der Waals surface area contributed by atoms with Gasteiger partial charge in [0, 0.05) is 42.0 Å². The fraction of sp³-hybridized carbons (Fsp3) is 0.385. The number of benzene rings is 2. The number of nitrogens with one attached hydrogen (secondary N) is 2. The summed E-state index contributed by atoms with van der Waals surface area (Å²) >= 11 is 0. The summed E-state index contributed by atoms with van der Waals surface area (Å²) in [6, 6.07) is 10.0. The zero-order chi connectivity index (χ0) is 27.3. The number of methoxy groups -OCH3 is 2. The lowest BCUT2D eigenvalue weighted by Gasteiger charge is -2.26. The van der Waals surface area contributed by atoms with E-state index in [-0.39, 0.29) is 24.4 Å². The quantitative estimate of drug-likeness (QED) is 0.429. The molecule has 2 N–H and O–H groups in total. The molecule has 1 aliphatic rings. The number of sulfonamides is 1. The number of hydrogen-bond acceptors (Lipinski definition) is 7. The van der Waals surface area contributed by atoms with E-state index in [4.69, 9.17) is 9.47 Å². The van der Waals surface area contributed by atoms with E-state index in [0.29, 0.717) is 47.1 Å². The Hall–Kier alpha value is -3.73. The van der Waals surface area contributed by atoms with E-state index in [2.05, 4.69) is 10.6 Å². The monoisotopic (exact) mass is 530 g/mol. The van der Waals surface area contributed by atoms with Crippen molar-refractivity contribution >= 4 is 44.5 Å². The lowest BCUT2D eigenvalue weighted by atomic mass is 10.0. The predicted molar refractivity (Wildman–Crippen MR) is 146 cm³/mol. The van der Waals surface area contributed by atoms with E-state index in [1.807, 2.05) is 26.8 Å². The number of carbonyl (C=O) groups excluding carboxylic acids is 2. The van der Waals surface area contributed by atoms with Crippen LogP contribution in [0.15, 0.2) is 42.5 Å². The van der Waals surface area contributed by atoms with Gasteiger partial charge in [0.15, 0.2) is 11.5 Å². The van der Waals surface area contributed by atoms with Crippen molar-refractivity contribution in [3.63, 3.8) is 0 Å². The van der Waals surface area contributed by atoms with Crippen molar-refractivity contribution in [3.8, 4) is 11.5 Å². The second-order valence-electron chi connectivity index (χ2n) is 8.60. The molecule has 200 valence electrons. The highest BCUT2D eigenvalue weighted by molar-refractivity contribution is 7.92. The van der Waals surface area contributed by atoms with Gasteiger partial charge in [-0.3, -0.25) is 13.9 Å². The van der Waals surface area contributed by atoms with E-state index in [1.165, 1.54) is 14.2 Å². The molecule has 0 saturated carbocycles. The lowest BCUT2D eigenvalue weighted by Crippen LogP contribution is -2.42. The number of rotatable bonds is 11. The maximum Gasteiger partial charge on any atom is 0.256 e. The molecule has 1 aliphatic heterocycles. The third-order valence-electron chi connectivity index (χ3n) is 6.07. The lowest BCUT2D eigenvalue weighted by molar-refractivity contribution is -0.129. The number of amides is 2. The zero-order valence-corrected chi connectivity index (χ0v) is 22.8. The number of nitrogens with zero attached hydrogens (tertiary/aromatic N) is 2. The van der Waals surface area contributed by atoms with Crippen LogP contribution in [0.25, 0.3) is 5.57 Å². The summed E-state index contributed by atoms with van der Waals surface area (Å²) in [6.07, 6.45) is 2.89. The van der Waals surface area contributed by atoms with Crippen LogP contribution in [0.2, 0.25) is 0 Å². The third-order valence-corrected chi connectivity index (χ3v) is 7.21. The summed E-state index contributed by atoms with van der Waals surface area (Å²) in [5.41, 5.74) is 2.98. The molecule has 3 rings (SSSR count). The van der Waals surface area contributed by atoms with E-state index in [9.17, 15) is 18.0 Å². The molecule has 1 heterocycles. The average Bonchev–Trinajstić information content (AvgIpc) is 3.15. The van der Waals surface area contributed by atoms with Crippen LogP contribution in [-0.4, -0.2) is 71.3 Å². The number of fused-ring (bicyclic) bond motifs is 1. The Balaban J connectivity index is 1.79. The summed E-state index contributed by atoms with van der Waals surface area (Å²) < 4.78 is 36.6. The van der Waals surface area contributed by atoms with Crippen LogP contribution in [0.4, 0.5) is 17.1 Å². The Morgan fingerprint density at radius 2 is 1.68 bits per heavy atom. The molecule has 11 heteroatoms. The van der Waals surface area contributed by atoms with Crippen LogP contribution in [0.3, 0.4) is 0 Å². The van der Waals surface area contributed by atoms with Gasteiger partial charge in [-0.25, -0.2) is 8.42 Å². The summed E-state index contributed by atoms with van der Waals surface area (Å²) in [5.74, 6) is 0.559. The topological polar surface area (TPSA) is 117 Å². The van der Waals surface area contributed by atoms with Crippen molar-refractivity contribution in [1.29, 1.82) is 0 Å². The molecule has 37 heavy (non-hydrogen) atoms. The maximum atomic E-state index is 12.6. The number of likely N-dealkylation sites (N-methyl/N-ethyl adjacent to an activating group) is 1. The van der Waals surface area contributed by atoms with Crippen molar-refractivity contribution in [2.24, 2.45) is 0 Å². The fourth-order valence-corrected chi connectivity index (χ4v) is 5.01. The Morgan fingerprint density at radius 1 is 1.08 bits per heavy atom. The highest BCUT2D eigenvalue weighted by Crippen LogP contribution is 2.40. The molecule has 0 aromatic heterocycles. The summed E-state index contributed by atoms with van der Waals surface area (Å²) in [4.78, 5) is 26.8. The molecule has 0 radical (unpaired) electrons. The van der Waals surface area contributed by atoms with E-state index >= 15 is 0 Å². The minimum absolute atomic E-state index is 0.226. The van der Waals surface area contributed by atoms with Gasteiger partial charge >= 0.3 is 0 Å². The van der Waals surface area contributed by atoms with Gasteiger partial charge in [0.2, 0.25) is 15.9 Å². The van der Waals surface area contributed by atoms with E-state index in [0.717, 1.165) is 16.2 Å². The Bertz CT molecular complexity index is 1290. The molecule has 2 amide bonds. The normalized spacial score (nSPS) is 14.5. The van der Waals surface area contributed by atoms with E-state index in [1.54, 1.807) is 41.3 Å². The largest absolute Gasteiger partial charge is 0.493 e. The molecular weight excluding hydrogens is 496 g/mol. The predicted octanol–water partition coefficient (Wildman–Crippen LogP) is 3.17. The molecule has 10 nitrogen and oxygen atoms in total. The number of anilines is 3. The van der Waals surface area contributed by atoms with Gasteiger partial charge < -0.3 is 25.0 Å². The maximum absolute atomic E-state index is 12.6. The van der Waals surface area contributed by atoms with Crippen LogP contribution in [0.1, 0.15) is 26.3 Å². The van der Waals surface area contributed by atoms with E-state index < -0.39 is 10.0 Å². The molecule has 2 aromatic rings. The second-order valence-corrected chi connectivity index (χ2v) is 10.5. The van der Waals surface area contributed by atoms with Gasteiger partial charge in [-0.2, -0.15) is 0 Å². The fourth-order valence-electron chi connectivity index (χ4n) is 4.16. The van der Waals surface area contributed by atoms with Crippen molar-refractivity contribution in [1.82, 2.24) is 4.90 Å². The minimum atomic E-state index is -3.67. The van der Waals surface area contributed by atoms with Crippen molar-refractivity contribution in [3.05, 3.63) is 48.0 Å². The van der Waals surface area contributed by atoms with Gasteiger partial charge in [0.1, 0.15) is 6.54 Å². The molecular formula is C26H34N4O6S. The van der Waals surface area contributed by atoms with Gasteiger partial charge in [-0.1, -0.05) is 0 Å².